The first-order valence-corrected chi connectivity index (χ1v) is 9.83. The smallest absolute Gasteiger partial charge is 0.165 e. The highest BCUT2D eigenvalue weighted by atomic mass is 16.5. The molecule has 2 heterocycles. The Bertz CT molecular complexity index is 1200. The third-order valence-electron chi connectivity index (χ3n) is 5.12. The van der Waals surface area contributed by atoms with Crippen LogP contribution in [0.1, 0.15) is 5.56 Å². The van der Waals surface area contributed by atoms with Crippen molar-refractivity contribution in [3.05, 3.63) is 66.4 Å². The van der Waals surface area contributed by atoms with Gasteiger partial charge in [-0.05, 0) is 36.4 Å². The number of rotatable bonds is 8. The van der Waals surface area contributed by atoms with Crippen LogP contribution in [-0.4, -0.2) is 37.8 Å². The van der Waals surface area contributed by atoms with Crippen LogP contribution in [0.3, 0.4) is 0 Å². The molecule has 2 aromatic heterocycles. The minimum absolute atomic E-state index is 0.531. The minimum atomic E-state index is 0.531. The number of imidazole rings is 1. The number of aromatic nitrogens is 2. The van der Waals surface area contributed by atoms with Gasteiger partial charge in [-0.15, -0.1) is 0 Å². The molecule has 4 rings (SSSR count). The van der Waals surface area contributed by atoms with Crippen LogP contribution in [0.4, 0.5) is 5.82 Å². The van der Waals surface area contributed by atoms with Crippen molar-refractivity contribution < 1.29 is 18.9 Å². The lowest BCUT2D eigenvalue weighted by atomic mass is 10.1. The van der Waals surface area contributed by atoms with Gasteiger partial charge in [0.1, 0.15) is 17.2 Å². The van der Waals surface area contributed by atoms with E-state index in [0.717, 1.165) is 28.3 Å². The maximum Gasteiger partial charge on any atom is 0.165 e. The van der Waals surface area contributed by atoms with Gasteiger partial charge in [-0.3, -0.25) is 4.40 Å². The average Bonchev–Trinajstić information content (AvgIpc) is 3.20. The maximum atomic E-state index is 5.58. The summed E-state index contributed by atoms with van der Waals surface area (Å²) in [5.74, 6) is 3.59. The molecular formula is C24H25N3O4. The van der Waals surface area contributed by atoms with Crippen molar-refractivity contribution >= 4 is 11.5 Å². The van der Waals surface area contributed by atoms with Gasteiger partial charge in [0, 0.05) is 23.9 Å². The zero-order valence-corrected chi connectivity index (χ0v) is 18.0. The van der Waals surface area contributed by atoms with Crippen molar-refractivity contribution in [3.8, 4) is 34.3 Å². The Morgan fingerprint density at radius 1 is 0.806 bits per heavy atom. The molecule has 0 fully saturated rings. The Labute approximate surface area is 181 Å². The molecule has 0 bridgehead atoms. The van der Waals surface area contributed by atoms with Crippen LogP contribution in [-0.2, 0) is 6.54 Å². The molecule has 0 saturated heterocycles. The summed E-state index contributed by atoms with van der Waals surface area (Å²) in [5, 5.41) is 3.54. The molecule has 0 atom stereocenters. The standard InChI is InChI=1S/C24H25N3O4/c1-28-18-12-11-16(14-20(18)30-3)22-24(27-13-6-5-10-21(27)26-22)25-15-17-8-7-9-19(29-2)23(17)31-4/h5-14,25H,15H2,1-4H3. The van der Waals surface area contributed by atoms with E-state index in [1.165, 1.54) is 0 Å². The Hall–Kier alpha value is -3.87. The summed E-state index contributed by atoms with van der Waals surface area (Å²) in [6.45, 7) is 0.531. The highest BCUT2D eigenvalue weighted by Crippen LogP contribution is 2.36. The highest BCUT2D eigenvalue weighted by molar-refractivity contribution is 5.78. The number of hydrogen-bond donors (Lipinski definition) is 1. The number of benzene rings is 2. The topological polar surface area (TPSA) is 66.3 Å². The molecule has 1 N–H and O–H groups in total. The maximum absolute atomic E-state index is 5.58. The van der Waals surface area contributed by atoms with Gasteiger partial charge in [0.25, 0.3) is 0 Å². The number of anilines is 1. The van der Waals surface area contributed by atoms with E-state index in [2.05, 4.69) is 5.32 Å². The molecule has 0 radical (unpaired) electrons. The summed E-state index contributed by atoms with van der Waals surface area (Å²) < 4.78 is 23.9. The van der Waals surface area contributed by atoms with E-state index in [9.17, 15) is 0 Å². The number of para-hydroxylation sites is 1. The molecule has 0 saturated carbocycles. The Kier molecular flexibility index (Phi) is 5.84. The van der Waals surface area contributed by atoms with Crippen LogP contribution >= 0.6 is 0 Å². The van der Waals surface area contributed by atoms with Gasteiger partial charge < -0.3 is 24.3 Å². The number of fused-ring (bicyclic) bond motifs is 1. The van der Waals surface area contributed by atoms with Gasteiger partial charge in [0.05, 0.1) is 28.4 Å². The lowest BCUT2D eigenvalue weighted by molar-refractivity contribution is 0.352. The monoisotopic (exact) mass is 419 g/mol. The van der Waals surface area contributed by atoms with E-state index in [4.69, 9.17) is 23.9 Å². The van der Waals surface area contributed by atoms with Crippen LogP contribution in [0.25, 0.3) is 16.9 Å². The molecule has 160 valence electrons. The normalized spacial score (nSPS) is 10.7. The minimum Gasteiger partial charge on any atom is -0.493 e. The Morgan fingerprint density at radius 3 is 2.35 bits per heavy atom. The van der Waals surface area contributed by atoms with Gasteiger partial charge in [-0.2, -0.15) is 0 Å². The molecule has 0 aliphatic rings. The summed E-state index contributed by atoms with van der Waals surface area (Å²) in [7, 11) is 6.52. The van der Waals surface area contributed by atoms with E-state index in [0.29, 0.717) is 29.5 Å². The molecule has 2 aromatic carbocycles. The molecule has 0 aliphatic carbocycles. The number of nitrogens with zero attached hydrogens (tertiary/aromatic N) is 2. The number of ether oxygens (including phenoxy) is 4. The summed E-state index contributed by atoms with van der Waals surface area (Å²) in [4.78, 5) is 4.85. The molecule has 0 spiro atoms. The highest BCUT2D eigenvalue weighted by Gasteiger charge is 2.17. The van der Waals surface area contributed by atoms with Crippen LogP contribution in [0.2, 0.25) is 0 Å². The van der Waals surface area contributed by atoms with Crippen LogP contribution in [0, 0.1) is 0 Å². The zero-order chi connectivity index (χ0) is 21.8. The SMILES string of the molecule is COc1ccc(-c2nc3ccccn3c2NCc2cccc(OC)c2OC)cc1OC. The van der Waals surface area contributed by atoms with Crippen LogP contribution in [0.15, 0.2) is 60.8 Å². The third-order valence-corrected chi connectivity index (χ3v) is 5.12. The van der Waals surface area contributed by atoms with Crippen molar-refractivity contribution in [1.29, 1.82) is 0 Å². The predicted molar refractivity (Wildman–Crippen MR) is 121 cm³/mol. The van der Waals surface area contributed by atoms with Gasteiger partial charge in [-0.1, -0.05) is 18.2 Å². The molecule has 7 nitrogen and oxygen atoms in total. The first-order valence-electron chi connectivity index (χ1n) is 9.83. The molecular weight excluding hydrogens is 394 g/mol. The van der Waals surface area contributed by atoms with Crippen molar-refractivity contribution in [2.75, 3.05) is 33.8 Å². The number of nitrogens with one attached hydrogen (secondary N) is 1. The summed E-state index contributed by atoms with van der Waals surface area (Å²) in [6.07, 6.45) is 1.98. The second-order valence-electron chi connectivity index (χ2n) is 6.81. The molecule has 31 heavy (non-hydrogen) atoms. The van der Waals surface area contributed by atoms with E-state index < -0.39 is 0 Å². The van der Waals surface area contributed by atoms with E-state index in [1.807, 2.05) is 65.2 Å². The fourth-order valence-corrected chi connectivity index (χ4v) is 3.62. The van der Waals surface area contributed by atoms with E-state index >= 15 is 0 Å². The molecule has 0 unspecified atom stereocenters. The quantitative estimate of drug-likeness (QED) is 0.449. The van der Waals surface area contributed by atoms with E-state index in [-0.39, 0.29) is 0 Å². The van der Waals surface area contributed by atoms with E-state index in [1.54, 1.807) is 28.4 Å². The average molecular weight is 419 g/mol. The lowest BCUT2D eigenvalue weighted by Crippen LogP contribution is -2.05. The fourth-order valence-electron chi connectivity index (χ4n) is 3.62. The second kappa shape index (κ2) is 8.87. The summed E-state index contributed by atoms with van der Waals surface area (Å²) >= 11 is 0. The molecule has 0 aliphatic heterocycles. The van der Waals surface area contributed by atoms with Crippen molar-refractivity contribution in [1.82, 2.24) is 9.38 Å². The summed E-state index contributed by atoms with van der Waals surface area (Å²) in [6, 6.07) is 17.5. The summed E-state index contributed by atoms with van der Waals surface area (Å²) in [5.41, 5.74) is 3.55. The van der Waals surface area contributed by atoms with Gasteiger partial charge in [0.2, 0.25) is 0 Å². The molecule has 4 aromatic rings. The Balaban J connectivity index is 1.77. The van der Waals surface area contributed by atoms with Gasteiger partial charge >= 0.3 is 0 Å². The van der Waals surface area contributed by atoms with Crippen LogP contribution < -0.4 is 24.3 Å². The molecule has 7 heteroatoms. The number of hydrogen-bond acceptors (Lipinski definition) is 6. The second-order valence-corrected chi connectivity index (χ2v) is 6.81. The third kappa shape index (κ3) is 3.82. The number of methoxy groups -OCH3 is 4. The number of pyridine rings is 1. The largest absolute Gasteiger partial charge is 0.493 e. The fraction of sp³-hybridized carbons (Fsp3) is 0.208. The van der Waals surface area contributed by atoms with Gasteiger partial charge in [-0.25, -0.2) is 4.98 Å². The molecule has 0 amide bonds. The zero-order valence-electron chi connectivity index (χ0n) is 18.0. The van der Waals surface area contributed by atoms with Crippen molar-refractivity contribution in [2.24, 2.45) is 0 Å². The van der Waals surface area contributed by atoms with Gasteiger partial charge in [0.15, 0.2) is 23.0 Å². The Morgan fingerprint density at radius 2 is 1.61 bits per heavy atom. The predicted octanol–water partition coefficient (Wildman–Crippen LogP) is 4.65. The lowest BCUT2D eigenvalue weighted by Gasteiger charge is -2.15. The van der Waals surface area contributed by atoms with Crippen LogP contribution in [0.5, 0.6) is 23.0 Å². The van der Waals surface area contributed by atoms with Crippen molar-refractivity contribution in [3.63, 3.8) is 0 Å². The first kappa shape index (κ1) is 20.4. The van der Waals surface area contributed by atoms with Crippen molar-refractivity contribution in [2.45, 2.75) is 6.54 Å². The first-order chi connectivity index (χ1) is 15.2.